The molecule has 2 nitrogen and oxygen atoms in total. The molecule has 1 aromatic rings. The Morgan fingerprint density at radius 3 is 3.00 bits per heavy atom. The molecule has 0 saturated heterocycles. The molecular formula is C10H12ClNO. The average Bonchev–Trinajstić information content (AvgIpc) is 2.86. The fourth-order valence-electron chi connectivity index (χ4n) is 1.11. The van der Waals surface area contributed by atoms with Gasteiger partial charge in [-0.25, -0.2) is 4.98 Å². The lowest BCUT2D eigenvalue weighted by molar-refractivity contribution is 0.288. The Hall–Kier alpha value is -0.760. The molecule has 70 valence electrons. The summed E-state index contributed by atoms with van der Waals surface area (Å²) in [5.74, 6) is 1.30. The lowest BCUT2D eigenvalue weighted by Gasteiger charge is -2.05. The van der Waals surface area contributed by atoms with Gasteiger partial charge in [-0.15, -0.1) is 0 Å². The molecule has 0 bridgehead atoms. The van der Waals surface area contributed by atoms with Crippen LogP contribution in [0.15, 0.2) is 12.3 Å². The summed E-state index contributed by atoms with van der Waals surface area (Å²) < 4.78 is 5.47. The van der Waals surface area contributed by atoms with E-state index in [9.17, 15) is 0 Å². The lowest BCUT2D eigenvalue weighted by atomic mass is 10.3. The molecule has 1 aliphatic rings. The van der Waals surface area contributed by atoms with Gasteiger partial charge in [0.05, 0.1) is 6.61 Å². The molecule has 0 aromatic carbocycles. The van der Waals surface area contributed by atoms with Crippen molar-refractivity contribution in [1.82, 2.24) is 4.98 Å². The maximum absolute atomic E-state index is 5.95. The van der Waals surface area contributed by atoms with Gasteiger partial charge in [-0.05, 0) is 37.3 Å². The second-order valence-electron chi connectivity index (χ2n) is 3.55. The minimum Gasteiger partial charge on any atom is -0.476 e. The predicted octanol–water partition coefficient (Wildman–Crippen LogP) is 2.83. The average molecular weight is 198 g/mol. The van der Waals surface area contributed by atoms with Gasteiger partial charge in [0.2, 0.25) is 5.88 Å². The molecule has 3 heteroatoms. The van der Waals surface area contributed by atoms with E-state index in [1.165, 1.54) is 12.8 Å². The number of halogens is 1. The standard InChI is InChI=1S/C10H12ClNO/c1-7-4-9(11)10(12-5-7)13-6-8-2-3-8/h4-5,8H,2-3,6H2,1H3. The zero-order chi connectivity index (χ0) is 9.26. The van der Waals surface area contributed by atoms with Crippen molar-refractivity contribution in [3.05, 3.63) is 22.8 Å². The molecule has 0 radical (unpaired) electrons. The maximum atomic E-state index is 5.95. The third kappa shape index (κ3) is 2.34. The quantitative estimate of drug-likeness (QED) is 0.744. The van der Waals surface area contributed by atoms with Crippen LogP contribution in [0.5, 0.6) is 5.88 Å². The third-order valence-corrected chi connectivity index (χ3v) is 2.37. The van der Waals surface area contributed by atoms with E-state index in [1.54, 1.807) is 6.20 Å². The molecule has 0 spiro atoms. The van der Waals surface area contributed by atoms with E-state index in [4.69, 9.17) is 16.3 Å². The fraction of sp³-hybridized carbons (Fsp3) is 0.500. The minimum atomic E-state index is 0.569. The van der Waals surface area contributed by atoms with E-state index in [2.05, 4.69) is 4.98 Å². The van der Waals surface area contributed by atoms with Crippen LogP contribution in [-0.4, -0.2) is 11.6 Å². The van der Waals surface area contributed by atoms with Crippen LogP contribution in [0.25, 0.3) is 0 Å². The summed E-state index contributed by atoms with van der Waals surface area (Å²) in [5.41, 5.74) is 1.06. The van der Waals surface area contributed by atoms with Crippen LogP contribution in [0.1, 0.15) is 18.4 Å². The van der Waals surface area contributed by atoms with E-state index < -0.39 is 0 Å². The number of aromatic nitrogens is 1. The van der Waals surface area contributed by atoms with Gasteiger partial charge in [-0.3, -0.25) is 0 Å². The van der Waals surface area contributed by atoms with Crippen molar-refractivity contribution in [2.24, 2.45) is 5.92 Å². The molecule has 13 heavy (non-hydrogen) atoms. The Morgan fingerprint density at radius 1 is 1.62 bits per heavy atom. The van der Waals surface area contributed by atoms with E-state index in [-0.39, 0.29) is 0 Å². The van der Waals surface area contributed by atoms with Crippen molar-refractivity contribution < 1.29 is 4.74 Å². The molecule has 1 heterocycles. The molecule has 0 aliphatic heterocycles. The van der Waals surface area contributed by atoms with Gasteiger partial charge in [0.15, 0.2) is 0 Å². The highest BCUT2D eigenvalue weighted by Crippen LogP contribution is 2.30. The Bertz CT molecular complexity index is 310. The van der Waals surface area contributed by atoms with E-state index in [0.717, 1.165) is 18.1 Å². The molecular weight excluding hydrogens is 186 g/mol. The highest BCUT2D eigenvalue weighted by molar-refractivity contribution is 6.31. The van der Waals surface area contributed by atoms with Crippen LogP contribution in [0.2, 0.25) is 5.02 Å². The van der Waals surface area contributed by atoms with Crippen molar-refractivity contribution in [2.75, 3.05) is 6.61 Å². The van der Waals surface area contributed by atoms with E-state index in [1.807, 2.05) is 13.0 Å². The normalized spacial score (nSPS) is 15.8. The second kappa shape index (κ2) is 3.54. The minimum absolute atomic E-state index is 0.569. The topological polar surface area (TPSA) is 22.1 Å². The highest BCUT2D eigenvalue weighted by Gasteiger charge is 2.22. The van der Waals surface area contributed by atoms with Crippen LogP contribution in [-0.2, 0) is 0 Å². The largest absolute Gasteiger partial charge is 0.476 e. The monoisotopic (exact) mass is 197 g/mol. The van der Waals surface area contributed by atoms with Gasteiger partial charge in [-0.2, -0.15) is 0 Å². The number of aryl methyl sites for hydroxylation is 1. The van der Waals surface area contributed by atoms with Crippen LogP contribution in [0.4, 0.5) is 0 Å². The summed E-state index contributed by atoms with van der Waals surface area (Å²) in [6.45, 7) is 2.72. The molecule has 0 atom stereocenters. The van der Waals surface area contributed by atoms with Gasteiger partial charge in [0.1, 0.15) is 5.02 Å². The Balaban J connectivity index is 2.01. The van der Waals surface area contributed by atoms with Crippen molar-refractivity contribution >= 4 is 11.6 Å². The van der Waals surface area contributed by atoms with Gasteiger partial charge in [-0.1, -0.05) is 11.6 Å². The molecule has 1 saturated carbocycles. The first-order valence-corrected chi connectivity index (χ1v) is 4.88. The summed E-state index contributed by atoms with van der Waals surface area (Å²) >= 11 is 5.95. The van der Waals surface area contributed by atoms with Crippen molar-refractivity contribution in [1.29, 1.82) is 0 Å². The van der Waals surface area contributed by atoms with Crippen molar-refractivity contribution in [2.45, 2.75) is 19.8 Å². The van der Waals surface area contributed by atoms with Gasteiger partial charge < -0.3 is 4.74 Å². The highest BCUT2D eigenvalue weighted by atomic mass is 35.5. The molecule has 0 unspecified atom stereocenters. The summed E-state index contributed by atoms with van der Waals surface area (Å²) in [6, 6.07) is 1.87. The Kier molecular flexibility index (Phi) is 2.40. The van der Waals surface area contributed by atoms with Gasteiger partial charge in [0, 0.05) is 6.20 Å². The molecule has 1 aromatic heterocycles. The number of hydrogen-bond donors (Lipinski definition) is 0. The van der Waals surface area contributed by atoms with Crippen LogP contribution < -0.4 is 4.74 Å². The van der Waals surface area contributed by atoms with Crippen molar-refractivity contribution in [3.63, 3.8) is 0 Å². The molecule has 2 rings (SSSR count). The molecule has 1 fully saturated rings. The molecule has 1 aliphatic carbocycles. The predicted molar refractivity (Wildman–Crippen MR) is 52.2 cm³/mol. The Morgan fingerprint density at radius 2 is 2.38 bits per heavy atom. The lowest BCUT2D eigenvalue weighted by Crippen LogP contribution is -2.01. The zero-order valence-electron chi connectivity index (χ0n) is 7.59. The molecule has 0 N–H and O–H groups in total. The first-order valence-electron chi connectivity index (χ1n) is 4.50. The van der Waals surface area contributed by atoms with Crippen LogP contribution in [0, 0.1) is 12.8 Å². The van der Waals surface area contributed by atoms with Crippen LogP contribution in [0.3, 0.4) is 0 Å². The van der Waals surface area contributed by atoms with Crippen LogP contribution >= 0.6 is 11.6 Å². The number of rotatable bonds is 3. The van der Waals surface area contributed by atoms with Gasteiger partial charge >= 0.3 is 0 Å². The Labute approximate surface area is 82.9 Å². The second-order valence-corrected chi connectivity index (χ2v) is 3.96. The van der Waals surface area contributed by atoms with E-state index in [0.29, 0.717) is 10.9 Å². The summed E-state index contributed by atoms with van der Waals surface area (Å²) in [4.78, 5) is 4.12. The van der Waals surface area contributed by atoms with E-state index >= 15 is 0 Å². The number of nitrogens with zero attached hydrogens (tertiary/aromatic N) is 1. The number of ether oxygens (including phenoxy) is 1. The zero-order valence-corrected chi connectivity index (χ0v) is 8.34. The fourth-order valence-corrected chi connectivity index (χ4v) is 1.38. The van der Waals surface area contributed by atoms with Crippen molar-refractivity contribution in [3.8, 4) is 5.88 Å². The maximum Gasteiger partial charge on any atom is 0.232 e. The number of pyridine rings is 1. The third-order valence-electron chi connectivity index (χ3n) is 2.10. The summed E-state index contributed by atoms with van der Waals surface area (Å²) in [7, 11) is 0. The molecule has 0 amide bonds. The summed E-state index contributed by atoms with van der Waals surface area (Å²) in [5, 5.41) is 0.612. The SMILES string of the molecule is Cc1cnc(OCC2CC2)c(Cl)c1. The van der Waals surface area contributed by atoms with Gasteiger partial charge in [0.25, 0.3) is 0 Å². The summed E-state index contributed by atoms with van der Waals surface area (Å²) in [6.07, 6.45) is 4.33. The first-order chi connectivity index (χ1) is 6.25. The smallest absolute Gasteiger partial charge is 0.232 e. The first kappa shape index (κ1) is 8.82. The number of hydrogen-bond acceptors (Lipinski definition) is 2.